The Kier molecular flexibility index (Phi) is 5.49. The van der Waals surface area contributed by atoms with Crippen molar-refractivity contribution >= 4 is 15.7 Å². The number of anilines is 1. The van der Waals surface area contributed by atoms with Crippen molar-refractivity contribution < 1.29 is 12.8 Å². The predicted octanol–water partition coefficient (Wildman–Crippen LogP) is 3.29. The van der Waals surface area contributed by atoms with Gasteiger partial charge in [0.1, 0.15) is 11.9 Å². The zero-order valence-corrected chi connectivity index (χ0v) is 16.3. The molecule has 0 bridgehead atoms. The predicted molar refractivity (Wildman–Crippen MR) is 102 cm³/mol. The number of fused-ring (bicyclic) bond motifs is 1. The van der Waals surface area contributed by atoms with E-state index in [0.29, 0.717) is 24.5 Å². The van der Waals surface area contributed by atoms with E-state index in [9.17, 15) is 12.8 Å². The summed E-state index contributed by atoms with van der Waals surface area (Å²) in [6.07, 6.45) is 0.746. The lowest BCUT2D eigenvalue weighted by atomic mass is 10.1. The minimum absolute atomic E-state index is 0.0341. The van der Waals surface area contributed by atoms with E-state index in [-0.39, 0.29) is 5.56 Å². The molecule has 7 heteroatoms. The van der Waals surface area contributed by atoms with Gasteiger partial charge in [-0.2, -0.15) is 9.57 Å². The van der Waals surface area contributed by atoms with Crippen molar-refractivity contribution in [3.63, 3.8) is 0 Å². The molecule has 1 heterocycles. The third-order valence-corrected chi connectivity index (χ3v) is 6.96. The molecule has 0 saturated heterocycles. The Morgan fingerprint density at radius 2 is 1.93 bits per heavy atom. The summed E-state index contributed by atoms with van der Waals surface area (Å²) in [4.78, 5) is 2.42. The molecule has 0 aliphatic carbocycles. The van der Waals surface area contributed by atoms with E-state index in [1.165, 1.54) is 16.4 Å². The van der Waals surface area contributed by atoms with Crippen LogP contribution in [-0.2, 0) is 23.0 Å². The largest absolute Gasteiger partial charge is 0.367 e. The number of nitriles is 1. The molecule has 2 aromatic carbocycles. The summed E-state index contributed by atoms with van der Waals surface area (Å²) in [6, 6.07) is 11.7. The maximum Gasteiger partial charge on any atom is 0.243 e. The molecular weight excluding hydrogens is 365 g/mol. The second-order valence-electron chi connectivity index (χ2n) is 6.48. The van der Waals surface area contributed by atoms with Gasteiger partial charge < -0.3 is 4.90 Å². The smallest absolute Gasteiger partial charge is 0.243 e. The maximum atomic E-state index is 13.8. The number of nitrogens with zero attached hydrogens (tertiary/aromatic N) is 3. The summed E-state index contributed by atoms with van der Waals surface area (Å²) < 4.78 is 40.7. The molecule has 1 aliphatic heterocycles. The van der Waals surface area contributed by atoms with E-state index in [0.717, 1.165) is 29.8 Å². The van der Waals surface area contributed by atoms with Gasteiger partial charge in [0.2, 0.25) is 10.0 Å². The fraction of sp³-hybridized carbons (Fsp3) is 0.350. The molecule has 0 unspecified atom stereocenters. The van der Waals surface area contributed by atoms with Gasteiger partial charge in [-0.3, -0.25) is 0 Å². The molecule has 0 radical (unpaired) electrons. The molecular formula is C20H22FN3O2S. The van der Waals surface area contributed by atoms with Gasteiger partial charge in [0.15, 0.2) is 0 Å². The van der Waals surface area contributed by atoms with E-state index < -0.39 is 15.8 Å². The summed E-state index contributed by atoms with van der Waals surface area (Å²) in [5.41, 5.74) is 2.77. The molecule has 0 fully saturated rings. The Bertz CT molecular complexity index is 995. The molecule has 27 heavy (non-hydrogen) atoms. The van der Waals surface area contributed by atoms with Gasteiger partial charge in [0, 0.05) is 31.9 Å². The second kappa shape index (κ2) is 7.67. The number of hydrogen-bond acceptors (Lipinski definition) is 4. The fourth-order valence-corrected chi connectivity index (χ4v) is 4.96. The Labute approximate surface area is 159 Å². The standard InChI is InChI=1S/C20H22FN3O2S/c1-3-24(4-2)27(25,26)18-7-8-20-16(12-18)9-10-23(20)14-15-5-6-17(13-22)19(21)11-15/h5-8,11-12H,3-4,9-10,14H2,1-2H3. The van der Waals surface area contributed by atoms with Crippen molar-refractivity contribution in [2.45, 2.75) is 31.7 Å². The van der Waals surface area contributed by atoms with Crippen molar-refractivity contribution in [1.29, 1.82) is 5.26 Å². The van der Waals surface area contributed by atoms with Crippen LogP contribution < -0.4 is 4.90 Å². The topological polar surface area (TPSA) is 64.4 Å². The molecule has 0 atom stereocenters. The van der Waals surface area contributed by atoms with Gasteiger partial charge in [-0.05, 0) is 47.9 Å². The highest BCUT2D eigenvalue weighted by Crippen LogP contribution is 2.32. The van der Waals surface area contributed by atoms with Crippen LogP contribution in [0.3, 0.4) is 0 Å². The monoisotopic (exact) mass is 387 g/mol. The van der Waals surface area contributed by atoms with Crippen molar-refractivity contribution in [2.75, 3.05) is 24.5 Å². The lowest BCUT2D eigenvalue weighted by molar-refractivity contribution is 0.445. The average molecular weight is 387 g/mol. The van der Waals surface area contributed by atoms with Crippen molar-refractivity contribution in [1.82, 2.24) is 4.31 Å². The summed E-state index contributed by atoms with van der Waals surface area (Å²) >= 11 is 0. The number of benzene rings is 2. The number of rotatable bonds is 6. The van der Waals surface area contributed by atoms with E-state index in [4.69, 9.17) is 5.26 Å². The lowest BCUT2D eigenvalue weighted by Crippen LogP contribution is -2.30. The van der Waals surface area contributed by atoms with E-state index >= 15 is 0 Å². The quantitative estimate of drug-likeness (QED) is 0.763. The van der Waals surface area contributed by atoms with Crippen LogP contribution in [0.25, 0.3) is 0 Å². The molecule has 0 saturated carbocycles. The summed E-state index contributed by atoms with van der Waals surface area (Å²) in [5, 5.41) is 8.84. The van der Waals surface area contributed by atoms with Crippen molar-refractivity contribution in [3.8, 4) is 6.07 Å². The third-order valence-electron chi connectivity index (χ3n) is 4.91. The van der Waals surface area contributed by atoms with Gasteiger partial charge in [0.05, 0.1) is 10.5 Å². The van der Waals surface area contributed by atoms with Crippen LogP contribution in [0.5, 0.6) is 0 Å². The van der Waals surface area contributed by atoms with E-state index in [2.05, 4.69) is 4.90 Å². The number of hydrogen-bond donors (Lipinski definition) is 0. The molecule has 0 spiro atoms. The van der Waals surface area contributed by atoms with Crippen molar-refractivity contribution in [2.24, 2.45) is 0 Å². The first-order valence-corrected chi connectivity index (χ1v) is 10.4. The molecule has 3 rings (SSSR count). The van der Waals surface area contributed by atoms with Gasteiger partial charge in [-0.1, -0.05) is 19.9 Å². The van der Waals surface area contributed by atoms with Crippen LogP contribution in [0.4, 0.5) is 10.1 Å². The van der Waals surface area contributed by atoms with Gasteiger partial charge in [-0.15, -0.1) is 0 Å². The molecule has 0 N–H and O–H groups in total. The van der Waals surface area contributed by atoms with Crippen LogP contribution in [0, 0.1) is 17.1 Å². The highest BCUT2D eigenvalue weighted by atomic mass is 32.2. The van der Waals surface area contributed by atoms with Crippen LogP contribution >= 0.6 is 0 Å². The molecule has 0 amide bonds. The minimum Gasteiger partial charge on any atom is -0.367 e. The van der Waals surface area contributed by atoms with Crippen LogP contribution in [0.15, 0.2) is 41.3 Å². The summed E-state index contributed by atoms with van der Waals surface area (Å²) in [7, 11) is -3.48. The molecule has 142 valence electrons. The Balaban J connectivity index is 1.85. The molecule has 2 aromatic rings. The molecule has 0 aromatic heterocycles. The van der Waals surface area contributed by atoms with Gasteiger partial charge in [-0.25, -0.2) is 12.8 Å². The summed E-state index contributed by atoms with van der Waals surface area (Å²) in [6.45, 7) is 5.78. The highest BCUT2D eigenvalue weighted by Gasteiger charge is 2.26. The number of halogens is 1. The Hall–Kier alpha value is -2.43. The highest BCUT2D eigenvalue weighted by molar-refractivity contribution is 7.89. The summed E-state index contributed by atoms with van der Waals surface area (Å²) in [5.74, 6) is -0.518. The Morgan fingerprint density at radius 3 is 2.56 bits per heavy atom. The molecule has 5 nitrogen and oxygen atoms in total. The van der Waals surface area contributed by atoms with Gasteiger partial charge in [0.25, 0.3) is 0 Å². The first-order valence-electron chi connectivity index (χ1n) is 8.97. The van der Waals surface area contributed by atoms with Gasteiger partial charge >= 0.3 is 0 Å². The lowest BCUT2D eigenvalue weighted by Gasteiger charge is -2.21. The number of sulfonamides is 1. The zero-order chi connectivity index (χ0) is 19.6. The first kappa shape index (κ1) is 19.3. The third kappa shape index (κ3) is 3.68. The van der Waals surface area contributed by atoms with Crippen LogP contribution in [0.1, 0.15) is 30.5 Å². The first-order chi connectivity index (χ1) is 12.9. The second-order valence-corrected chi connectivity index (χ2v) is 8.42. The van der Waals surface area contributed by atoms with Crippen LogP contribution in [0.2, 0.25) is 0 Å². The van der Waals surface area contributed by atoms with E-state index in [1.54, 1.807) is 18.2 Å². The normalized spacial score (nSPS) is 13.7. The zero-order valence-electron chi connectivity index (χ0n) is 15.4. The maximum absolute atomic E-state index is 13.8. The van der Waals surface area contributed by atoms with Crippen LogP contribution in [-0.4, -0.2) is 32.4 Å². The van der Waals surface area contributed by atoms with Crippen molar-refractivity contribution in [3.05, 3.63) is 58.9 Å². The minimum atomic E-state index is -3.48. The fourth-order valence-electron chi connectivity index (χ4n) is 3.45. The SMILES string of the molecule is CCN(CC)S(=O)(=O)c1ccc2c(c1)CCN2Cc1ccc(C#N)c(F)c1. The Morgan fingerprint density at radius 1 is 1.19 bits per heavy atom. The molecule has 1 aliphatic rings. The average Bonchev–Trinajstić information content (AvgIpc) is 3.05. The van der Waals surface area contributed by atoms with E-state index in [1.807, 2.05) is 26.0 Å².